The molecule has 1 fully saturated rings. The first-order valence-corrected chi connectivity index (χ1v) is 7.45. The second-order valence-electron chi connectivity index (χ2n) is 4.89. The number of halogens is 1. The summed E-state index contributed by atoms with van der Waals surface area (Å²) < 4.78 is 3.36. The van der Waals surface area contributed by atoms with Crippen molar-refractivity contribution >= 4 is 15.9 Å². The van der Waals surface area contributed by atoms with E-state index in [-0.39, 0.29) is 0 Å². The molecule has 1 aliphatic carbocycles. The van der Waals surface area contributed by atoms with Crippen LogP contribution in [0.25, 0.3) is 0 Å². The average Bonchev–Trinajstić information content (AvgIpc) is 2.71. The van der Waals surface area contributed by atoms with Crippen molar-refractivity contribution in [3.05, 3.63) is 16.4 Å². The summed E-state index contributed by atoms with van der Waals surface area (Å²) in [5.74, 6) is 0.608. The molecule has 1 N–H and O–H groups in total. The minimum atomic E-state index is 0.604. The van der Waals surface area contributed by atoms with Gasteiger partial charge in [-0.25, -0.2) is 0 Å². The number of hydrogen-bond donors (Lipinski definition) is 1. The largest absolute Gasteiger partial charge is 0.316 e. The van der Waals surface area contributed by atoms with Crippen LogP contribution in [0.4, 0.5) is 0 Å². The molecule has 1 heterocycles. The Morgan fingerprint density at radius 3 is 2.94 bits per heavy atom. The van der Waals surface area contributed by atoms with Gasteiger partial charge in [-0.15, -0.1) is 0 Å². The van der Waals surface area contributed by atoms with Gasteiger partial charge >= 0.3 is 0 Å². The monoisotopic (exact) mass is 299 g/mol. The first kappa shape index (κ1) is 13.1. The van der Waals surface area contributed by atoms with Gasteiger partial charge in [0.1, 0.15) is 0 Å². The lowest BCUT2D eigenvalue weighted by Gasteiger charge is -2.32. The molecule has 1 aromatic rings. The molecule has 1 aromatic heterocycles. The SMILES string of the molecule is CCCn1ncc(Br)c1C1CCCCC1NC. The van der Waals surface area contributed by atoms with Gasteiger partial charge in [0.2, 0.25) is 0 Å². The van der Waals surface area contributed by atoms with Gasteiger partial charge in [-0.1, -0.05) is 19.8 Å². The highest BCUT2D eigenvalue weighted by molar-refractivity contribution is 9.10. The van der Waals surface area contributed by atoms with Gasteiger partial charge in [0, 0.05) is 18.5 Å². The van der Waals surface area contributed by atoms with Crippen LogP contribution in [-0.2, 0) is 6.54 Å². The number of aromatic nitrogens is 2. The van der Waals surface area contributed by atoms with Crippen molar-refractivity contribution in [2.45, 2.75) is 57.5 Å². The van der Waals surface area contributed by atoms with Crippen LogP contribution in [-0.4, -0.2) is 22.9 Å². The standard InChI is InChI=1S/C13H22BrN3/c1-3-8-17-13(11(14)9-16-17)10-6-4-5-7-12(10)15-2/h9-10,12,15H,3-8H2,1-2H3. The van der Waals surface area contributed by atoms with Crippen molar-refractivity contribution in [2.24, 2.45) is 0 Å². The van der Waals surface area contributed by atoms with E-state index >= 15 is 0 Å². The Labute approximate surface area is 112 Å². The summed E-state index contributed by atoms with van der Waals surface area (Å²) in [5, 5.41) is 7.97. The molecule has 0 bridgehead atoms. The van der Waals surface area contributed by atoms with Crippen LogP contribution in [0.2, 0.25) is 0 Å². The summed E-state index contributed by atoms with van der Waals surface area (Å²) in [6.07, 6.45) is 8.34. The van der Waals surface area contributed by atoms with Crippen LogP contribution in [0, 0.1) is 0 Å². The molecular weight excluding hydrogens is 278 g/mol. The summed E-state index contributed by atoms with van der Waals surface area (Å²) in [6.45, 7) is 3.23. The highest BCUT2D eigenvalue weighted by atomic mass is 79.9. The highest BCUT2D eigenvalue weighted by Crippen LogP contribution is 2.36. The van der Waals surface area contributed by atoms with E-state index in [1.165, 1.54) is 35.8 Å². The van der Waals surface area contributed by atoms with Crippen LogP contribution >= 0.6 is 15.9 Å². The fourth-order valence-electron chi connectivity index (χ4n) is 2.93. The van der Waals surface area contributed by atoms with E-state index in [0.29, 0.717) is 12.0 Å². The molecule has 3 nitrogen and oxygen atoms in total. The van der Waals surface area contributed by atoms with E-state index in [1.54, 1.807) is 0 Å². The van der Waals surface area contributed by atoms with E-state index in [9.17, 15) is 0 Å². The summed E-state index contributed by atoms with van der Waals surface area (Å²) in [4.78, 5) is 0. The third-order valence-electron chi connectivity index (χ3n) is 3.76. The summed E-state index contributed by atoms with van der Waals surface area (Å²) >= 11 is 3.67. The Morgan fingerprint density at radius 2 is 2.24 bits per heavy atom. The molecule has 2 rings (SSSR count). The molecule has 0 aromatic carbocycles. The zero-order valence-corrected chi connectivity index (χ0v) is 12.3. The molecule has 1 aliphatic rings. The zero-order chi connectivity index (χ0) is 12.3. The van der Waals surface area contributed by atoms with Crippen molar-refractivity contribution in [1.29, 1.82) is 0 Å². The minimum absolute atomic E-state index is 0.604. The molecule has 0 aliphatic heterocycles. The Kier molecular flexibility index (Phi) is 4.62. The maximum Gasteiger partial charge on any atom is 0.0635 e. The summed E-state index contributed by atoms with van der Waals surface area (Å²) in [7, 11) is 2.08. The topological polar surface area (TPSA) is 29.9 Å². The van der Waals surface area contributed by atoms with E-state index in [2.05, 4.69) is 45.0 Å². The van der Waals surface area contributed by atoms with Crippen molar-refractivity contribution in [3.8, 4) is 0 Å². The average molecular weight is 300 g/mol. The fourth-order valence-corrected chi connectivity index (χ4v) is 3.52. The number of nitrogens with zero attached hydrogens (tertiary/aromatic N) is 2. The van der Waals surface area contributed by atoms with Gasteiger partial charge < -0.3 is 5.32 Å². The van der Waals surface area contributed by atoms with Gasteiger partial charge in [-0.2, -0.15) is 5.10 Å². The molecule has 0 radical (unpaired) electrons. The Bertz CT molecular complexity index is 362. The van der Waals surface area contributed by atoms with Crippen molar-refractivity contribution in [2.75, 3.05) is 7.05 Å². The predicted molar refractivity (Wildman–Crippen MR) is 74.3 cm³/mol. The Morgan fingerprint density at radius 1 is 1.47 bits per heavy atom. The molecular formula is C13H22BrN3. The van der Waals surface area contributed by atoms with Crippen LogP contribution < -0.4 is 5.32 Å². The molecule has 2 atom stereocenters. The lowest BCUT2D eigenvalue weighted by Crippen LogP contribution is -2.36. The Balaban J connectivity index is 2.26. The van der Waals surface area contributed by atoms with Crippen molar-refractivity contribution < 1.29 is 0 Å². The van der Waals surface area contributed by atoms with Gasteiger partial charge in [0.05, 0.1) is 16.4 Å². The van der Waals surface area contributed by atoms with E-state index in [4.69, 9.17) is 0 Å². The Hall–Kier alpha value is -0.350. The smallest absolute Gasteiger partial charge is 0.0635 e. The van der Waals surface area contributed by atoms with Crippen LogP contribution in [0.3, 0.4) is 0 Å². The molecule has 2 unspecified atom stereocenters. The van der Waals surface area contributed by atoms with Crippen molar-refractivity contribution in [3.63, 3.8) is 0 Å². The second-order valence-corrected chi connectivity index (χ2v) is 5.74. The third-order valence-corrected chi connectivity index (χ3v) is 4.37. The minimum Gasteiger partial charge on any atom is -0.316 e. The maximum atomic E-state index is 4.49. The number of likely N-dealkylation sites (N-methyl/N-ethyl adjacent to an activating group) is 1. The lowest BCUT2D eigenvalue weighted by atomic mass is 9.82. The highest BCUT2D eigenvalue weighted by Gasteiger charge is 2.29. The fraction of sp³-hybridized carbons (Fsp3) is 0.769. The first-order valence-electron chi connectivity index (χ1n) is 6.66. The molecule has 0 amide bonds. The number of hydrogen-bond acceptors (Lipinski definition) is 2. The first-order chi connectivity index (χ1) is 8.27. The van der Waals surface area contributed by atoms with E-state index in [0.717, 1.165) is 13.0 Å². The molecule has 4 heteroatoms. The second kappa shape index (κ2) is 6.01. The van der Waals surface area contributed by atoms with Gasteiger partial charge in [-0.05, 0) is 42.2 Å². The number of aryl methyl sites for hydroxylation is 1. The third kappa shape index (κ3) is 2.74. The molecule has 1 saturated carbocycles. The van der Waals surface area contributed by atoms with Crippen LogP contribution in [0.15, 0.2) is 10.7 Å². The molecule has 0 saturated heterocycles. The number of rotatable bonds is 4. The summed E-state index contributed by atoms with van der Waals surface area (Å²) in [6, 6.07) is 0.604. The van der Waals surface area contributed by atoms with Gasteiger partial charge in [-0.3, -0.25) is 4.68 Å². The normalized spacial score (nSPS) is 25.1. The van der Waals surface area contributed by atoms with E-state index < -0.39 is 0 Å². The van der Waals surface area contributed by atoms with E-state index in [1.807, 2.05) is 6.20 Å². The van der Waals surface area contributed by atoms with Gasteiger partial charge in [0.25, 0.3) is 0 Å². The summed E-state index contributed by atoms with van der Waals surface area (Å²) in [5.41, 5.74) is 1.39. The maximum absolute atomic E-state index is 4.49. The number of nitrogens with one attached hydrogen (secondary N) is 1. The van der Waals surface area contributed by atoms with Crippen molar-refractivity contribution in [1.82, 2.24) is 15.1 Å². The molecule has 96 valence electrons. The van der Waals surface area contributed by atoms with Crippen LogP contribution in [0.5, 0.6) is 0 Å². The predicted octanol–water partition coefficient (Wildman–Crippen LogP) is 3.30. The van der Waals surface area contributed by atoms with Gasteiger partial charge in [0.15, 0.2) is 0 Å². The quantitative estimate of drug-likeness (QED) is 0.924. The zero-order valence-electron chi connectivity index (χ0n) is 10.7. The molecule has 0 spiro atoms. The van der Waals surface area contributed by atoms with Crippen LogP contribution in [0.1, 0.15) is 50.6 Å². The lowest BCUT2D eigenvalue weighted by molar-refractivity contribution is 0.327. The molecule has 17 heavy (non-hydrogen) atoms.